The van der Waals surface area contributed by atoms with E-state index in [1.165, 1.54) is 20.4 Å². The Hall–Kier alpha value is -3.61. The molecule has 0 aliphatic rings. The molecule has 0 saturated carbocycles. The van der Waals surface area contributed by atoms with Crippen molar-refractivity contribution in [2.75, 3.05) is 14.2 Å². The molecule has 0 amide bonds. The topological polar surface area (TPSA) is 91.3 Å². The van der Waals surface area contributed by atoms with Gasteiger partial charge in [-0.1, -0.05) is 6.07 Å². The van der Waals surface area contributed by atoms with Gasteiger partial charge in [0.1, 0.15) is 0 Å². The second kappa shape index (κ2) is 7.52. The molecule has 3 heterocycles. The summed E-state index contributed by atoms with van der Waals surface area (Å²) in [7, 11) is 2.61. The Balaban J connectivity index is 2.08. The second-order valence-electron chi connectivity index (χ2n) is 5.26. The van der Waals surface area contributed by atoms with Crippen molar-refractivity contribution in [2.45, 2.75) is 0 Å². The fraction of sp³-hybridized carbons (Fsp3) is 0.105. The summed E-state index contributed by atoms with van der Waals surface area (Å²) in [6.07, 6.45) is 3.04. The molecule has 0 unspecified atom stereocenters. The number of aromatic nitrogens is 3. The van der Waals surface area contributed by atoms with E-state index in [0.29, 0.717) is 33.9 Å². The summed E-state index contributed by atoms with van der Waals surface area (Å²) < 4.78 is 9.47. The van der Waals surface area contributed by atoms with Crippen molar-refractivity contribution in [3.05, 3.63) is 66.0 Å². The molecular weight excluding hydrogens is 334 g/mol. The van der Waals surface area contributed by atoms with Crippen LogP contribution >= 0.6 is 0 Å². The number of rotatable bonds is 4. The van der Waals surface area contributed by atoms with Crippen LogP contribution in [-0.4, -0.2) is 41.1 Å². The molecule has 3 aromatic heterocycles. The van der Waals surface area contributed by atoms with E-state index >= 15 is 0 Å². The highest BCUT2D eigenvalue weighted by Crippen LogP contribution is 2.23. The van der Waals surface area contributed by atoms with Crippen molar-refractivity contribution < 1.29 is 19.1 Å². The van der Waals surface area contributed by atoms with Crippen molar-refractivity contribution >= 4 is 11.9 Å². The molecule has 0 aliphatic carbocycles. The average molecular weight is 349 g/mol. The molecule has 0 aliphatic heterocycles. The fourth-order valence-electron chi connectivity index (χ4n) is 2.33. The average Bonchev–Trinajstić information content (AvgIpc) is 2.73. The summed E-state index contributed by atoms with van der Waals surface area (Å²) in [4.78, 5) is 36.6. The molecule has 0 spiro atoms. The number of hydrogen-bond acceptors (Lipinski definition) is 7. The van der Waals surface area contributed by atoms with Crippen LogP contribution in [0.2, 0.25) is 0 Å². The summed E-state index contributed by atoms with van der Waals surface area (Å²) in [5, 5.41) is 0. The maximum atomic E-state index is 12.0. The van der Waals surface area contributed by atoms with Gasteiger partial charge in [0.2, 0.25) is 0 Å². The van der Waals surface area contributed by atoms with Gasteiger partial charge in [0.05, 0.1) is 48.1 Å². The number of esters is 2. The molecule has 7 heteroatoms. The van der Waals surface area contributed by atoms with E-state index in [1.807, 2.05) is 6.07 Å². The molecule has 3 rings (SSSR count). The Labute approximate surface area is 149 Å². The lowest BCUT2D eigenvalue weighted by molar-refractivity contribution is 0.0591. The van der Waals surface area contributed by atoms with Gasteiger partial charge in [-0.2, -0.15) is 0 Å². The van der Waals surface area contributed by atoms with E-state index in [-0.39, 0.29) is 0 Å². The minimum Gasteiger partial charge on any atom is -0.465 e. The predicted octanol–water partition coefficient (Wildman–Crippen LogP) is 2.78. The Morgan fingerprint density at radius 3 is 1.96 bits per heavy atom. The highest BCUT2D eigenvalue weighted by Gasteiger charge is 2.14. The van der Waals surface area contributed by atoms with E-state index in [9.17, 15) is 9.59 Å². The summed E-state index contributed by atoms with van der Waals surface area (Å²) in [6, 6.07) is 11.8. The summed E-state index contributed by atoms with van der Waals surface area (Å²) in [5.74, 6) is -0.966. The summed E-state index contributed by atoms with van der Waals surface area (Å²) in [5.41, 5.74) is 2.75. The third kappa shape index (κ3) is 3.56. The van der Waals surface area contributed by atoms with Gasteiger partial charge in [0, 0.05) is 12.4 Å². The first-order chi connectivity index (χ1) is 12.6. The Morgan fingerprint density at radius 2 is 1.42 bits per heavy atom. The van der Waals surface area contributed by atoms with Crippen LogP contribution in [0, 0.1) is 0 Å². The van der Waals surface area contributed by atoms with Crippen LogP contribution in [-0.2, 0) is 9.47 Å². The molecule has 0 fully saturated rings. The Kier molecular flexibility index (Phi) is 4.98. The largest absolute Gasteiger partial charge is 0.465 e. The van der Waals surface area contributed by atoms with E-state index in [1.54, 1.807) is 42.6 Å². The SMILES string of the molecule is COC(=O)c1ccc(-c2cc(C(=O)OC)cc(-c3ccccn3)n2)nc1. The van der Waals surface area contributed by atoms with E-state index in [2.05, 4.69) is 19.7 Å². The van der Waals surface area contributed by atoms with Crippen LogP contribution in [0.1, 0.15) is 20.7 Å². The third-order valence-corrected chi connectivity index (χ3v) is 3.62. The minimum atomic E-state index is -0.489. The number of hydrogen-bond donors (Lipinski definition) is 0. The fourth-order valence-corrected chi connectivity index (χ4v) is 2.33. The molecule has 26 heavy (non-hydrogen) atoms. The normalized spacial score (nSPS) is 10.2. The summed E-state index contributed by atoms with van der Waals surface area (Å²) >= 11 is 0. The Bertz CT molecular complexity index is 941. The van der Waals surface area contributed by atoms with Crippen LogP contribution < -0.4 is 0 Å². The van der Waals surface area contributed by atoms with Crippen LogP contribution in [0.3, 0.4) is 0 Å². The van der Waals surface area contributed by atoms with Gasteiger partial charge in [0.25, 0.3) is 0 Å². The van der Waals surface area contributed by atoms with Crippen molar-refractivity contribution in [1.82, 2.24) is 15.0 Å². The number of carbonyl (C=O) groups is 2. The van der Waals surface area contributed by atoms with Gasteiger partial charge < -0.3 is 9.47 Å². The zero-order chi connectivity index (χ0) is 18.5. The van der Waals surface area contributed by atoms with Gasteiger partial charge in [-0.3, -0.25) is 9.97 Å². The summed E-state index contributed by atoms with van der Waals surface area (Å²) in [6.45, 7) is 0. The lowest BCUT2D eigenvalue weighted by Crippen LogP contribution is -2.05. The number of ether oxygens (including phenoxy) is 2. The first-order valence-electron chi connectivity index (χ1n) is 7.69. The monoisotopic (exact) mass is 349 g/mol. The highest BCUT2D eigenvalue weighted by atomic mass is 16.5. The minimum absolute atomic E-state index is 0.324. The van der Waals surface area contributed by atoms with Crippen LogP contribution in [0.25, 0.3) is 22.8 Å². The molecule has 0 radical (unpaired) electrons. The molecule has 0 aromatic carbocycles. The first-order valence-corrected chi connectivity index (χ1v) is 7.69. The second-order valence-corrected chi connectivity index (χ2v) is 5.26. The van der Waals surface area contributed by atoms with Crippen molar-refractivity contribution in [3.8, 4) is 22.8 Å². The van der Waals surface area contributed by atoms with Gasteiger partial charge in [-0.15, -0.1) is 0 Å². The van der Waals surface area contributed by atoms with Crippen molar-refractivity contribution in [3.63, 3.8) is 0 Å². The lowest BCUT2D eigenvalue weighted by Gasteiger charge is -2.08. The van der Waals surface area contributed by atoms with Crippen molar-refractivity contribution in [1.29, 1.82) is 0 Å². The van der Waals surface area contributed by atoms with Crippen molar-refractivity contribution in [2.24, 2.45) is 0 Å². The molecule has 0 atom stereocenters. The maximum Gasteiger partial charge on any atom is 0.339 e. The lowest BCUT2D eigenvalue weighted by atomic mass is 10.1. The third-order valence-electron chi connectivity index (χ3n) is 3.62. The van der Waals surface area contributed by atoms with Gasteiger partial charge in [0.15, 0.2) is 0 Å². The smallest absolute Gasteiger partial charge is 0.339 e. The molecule has 0 bridgehead atoms. The molecule has 0 N–H and O–H groups in total. The predicted molar refractivity (Wildman–Crippen MR) is 93.4 cm³/mol. The number of carbonyl (C=O) groups excluding carboxylic acids is 2. The maximum absolute atomic E-state index is 12.0. The highest BCUT2D eigenvalue weighted by molar-refractivity contribution is 5.92. The number of methoxy groups -OCH3 is 2. The van der Waals surface area contributed by atoms with E-state index < -0.39 is 11.9 Å². The Morgan fingerprint density at radius 1 is 0.769 bits per heavy atom. The molecule has 0 saturated heterocycles. The molecular formula is C19H15N3O4. The van der Waals surface area contributed by atoms with Crippen LogP contribution in [0.15, 0.2) is 54.9 Å². The van der Waals surface area contributed by atoms with Crippen LogP contribution in [0.4, 0.5) is 0 Å². The molecule has 7 nitrogen and oxygen atoms in total. The quantitative estimate of drug-likeness (QED) is 0.669. The van der Waals surface area contributed by atoms with Gasteiger partial charge in [-0.25, -0.2) is 14.6 Å². The van der Waals surface area contributed by atoms with E-state index in [0.717, 1.165) is 0 Å². The van der Waals surface area contributed by atoms with E-state index in [4.69, 9.17) is 4.74 Å². The zero-order valence-electron chi connectivity index (χ0n) is 14.2. The van der Waals surface area contributed by atoms with Gasteiger partial charge >= 0.3 is 11.9 Å². The molecule has 130 valence electrons. The zero-order valence-corrected chi connectivity index (χ0v) is 14.2. The standard InChI is InChI=1S/C19H15N3O4/c1-25-18(23)12-6-7-15(21-11-12)17-10-13(19(24)26-2)9-16(22-17)14-5-3-4-8-20-14/h3-11H,1-2H3. The van der Waals surface area contributed by atoms with Gasteiger partial charge in [-0.05, 0) is 36.4 Å². The first kappa shape index (κ1) is 17.2. The van der Waals surface area contributed by atoms with Crippen LogP contribution in [0.5, 0.6) is 0 Å². The molecule has 3 aromatic rings. The number of nitrogens with zero attached hydrogens (tertiary/aromatic N) is 3. The number of pyridine rings is 3.